The molecule has 94 valence electrons. The van der Waals surface area contributed by atoms with Gasteiger partial charge in [-0.3, -0.25) is 0 Å². The molecule has 1 aliphatic heterocycles. The van der Waals surface area contributed by atoms with Crippen LogP contribution in [0, 0.1) is 5.82 Å². The maximum absolute atomic E-state index is 13.0. The number of methoxy groups -OCH3 is 1. The molecule has 0 bridgehead atoms. The lowest BCUT2D eigenvalue weighted by atomic mass is 10.1. The van der Waals surface area contributed by atoms with Crippen molar-refractivity contribution in [2.45, 2.75) is 25.6 Å². The number of aliphatic hydroxyl groups is 1. The van der Waals surface area contributed by atoms with E-state index < -0.39 is 5.82 Å². The molecule has 2 heterocycles. The Bertz CT molecular complexity index is 379. The lowest BCUT2D eigenvalue weighted by Crippen LogP contribution is -2.37. The second-order valence-electron chi connectivity index (χ2n) is 4.22. The molecule has 0 atom stereocenters. The minimum Gasteiger partial charge on any atom is -0.392 e. The molecule has 0 amide bonds. The lowest BCUT2D eigenvalue weighted by Gasteiger charge is -2.33. The predicted octanol–water partition coefficient (Wildman–Crippen LogP) is 1.33. The summed E-state index contributed by atoms with van der Waals surface area (Å²) in [6.07, 6.45) is 3.35. The number of piperidine rings is 1. The van der Waals surface area contributed by atoms with Gasteiger partial charge >= 0.3 is 0 Å². The van der Waals surface area contributed by atoms with E-state index in [9.17, 15) is 9.50 Å². The number of halogens is 1. The van der Waals surface area contributed by atoms with Crippen LogP contribution in [0.25, 0.3) is 0 Å². The highest BCUT2D eigenvalue weighted by molar-refractivity contribution is 5.47. The molecule has 1 aromatic rings. The van der Waals surface area contributed by atoms with Crippen molar-refractivity contribution in [2.24, 2.45) is 0 Å². The van der Waals surface area contributed by atoms with Gasteiger partial charge in [-0.15, -0.1) is 0 Å². The molecule has 4 nitrogen and oxygen atoms in total. The van der Waals surface area contributed by atoms with Crippen molar-refractivity contribution in [1.29, 1.82) is 0 Å². The average molecular weight is 240 g/mol. The number of aliphatic hydroxyl groups excluding tert-OH is 1. The second-order valence-corrected chi connectivity index (χ2v) is 4.22. The summed E-state index contributed by atoms with van der Waals surface area (Å²) in [6.45, 7) is 1.46. The number of pyridine rings is 1. The molecule has 0 aromatic carbocycles. The zero-order valence-electron chi connectivity index (χ0n) is 9.90. The Kier molecular flexibility index (Phi) is 3.91. The summed E-state index contributed by atoms with van der Waals surface area (Å²) in [5, 5.41) is 9.21. The van der Waals surface area contributed by atoms with Gasteiger partial charge in [0.1, 0.15) is 11.6 Å². The van der Waals surface area contributed by atoms with Crippen LogP contribution < -0.4 is 4.90 Å². The Labute approximate surface area is 100 Å². The number of anilines is 1. The normalized spacial score (nSPS) is 17.5. The molecular formula is C12H17FN2O2. The molecule has 0 saturated carbocycles. The van der Waals surface area contributed by atoms with Gasteiger partial charge in [0.05, 0.1) is 18.9 Å². The molecule has 0 radical (unpaired) electrons. The van der Waals surface area contributed by atoms with Gasteiger partial charge in [-0.1, -0.05) is 0 Å². The first-order valence-electron chi connectivity index (χ1n) is 5.77. The first kappa shape index (κ1) is 12.3. The Morgan fingerprint density at radius 2 is 2.24 bits per heavy atom. The SMILES string of the molecule is COC1CCN(c2ncc(F)cc2CO)CC1. The molecular weight excluding hydrogens is 223 g/mol. The number of hydrogen-bond donors (Lipinski definition) is 1. The Balaban J connectivity index is 2.12. The van der Waals surface area contributed by atoms with E-state index in [1.807, 2.05) is 0 Å². The highest BCUT2D eigenvalue weighted by atomic mass is 19.1. The Morgan fingerprint density at radius 1 is 1.53 bits per heavy atom. The topological polar surface area (TPSA) is 45.6 Å². The standard InChI is InChI=1S/C12H17FN2O2/c1-17-11-2-4-15(5-3-11)12-9(8-16)6-10(13)7-14-12/h6-7,11,16H,2-5,8H2,1H3. The molecule has 17 heavy (non-hydrogen) atoms. The molecule has 1 N–H and O–H groups in total. The lowest BCUT2D eigenvalue weighted by molar-refractivity contribution is 0.0817. The van der Waals surface area contributed by atoms with Gasteiger partial charge in [0.2, 0.25) is 0 Å². The first-order chi connectivity index (χ1) is 8.24. The molecule has 5 heteroatoms. The zero-order valence-corrected chi connectivity index (χ0v) is 9.90. The summed E-state index contributed by atoms with van der Waals surface area (Å²) in [5.41, 5.74) is 0.542. The van der Waals surface area contributed by atoms with E-state index in [-0.39, 0.29) is 6.61 Å². The monoisotopic (exact) mass is 240 g/mol. The first-order valence-corrected chi connectivity index (χ1v) is 5.77. The molecule has 1 aliphatic rings. The van der Waals surface area contributed by atoms with E-state index in [0.717, 1.165) is 25.9 Å². The molecule has 0 aliphatic carbocycles. The highest BCUT2D eigenvalue weighted by Gasteiger charge is 2.21. The van der Waals surface area contributed by atoms with Crippen molar-refractivity contribution in [1.82, 2.24) is 4.98 Å². The van der Waals surface area contributed by atoms with Crippen molar-refractivity contribution in [3.05, 3.63) is 23.6 Å². The van der Waals surface area contributed by atoms with Crippen molar-refractivity contribution in [2.75, 3.05) is 25.1 Å². The van der Waals surface area contributed by atoms with Crippen molar-refractivity contribution in [3.63, 3.8) is 0 Å². The van der Waals surface area contributed by atoms with Crippen LogP contribution in [0.1, 0.15) is 18.4 Å². The van der Waals surface area contributed by atoms with Crippen LogP contribution in [-0.2, 0) is 11.3 Å². The third-order valence-corrected chi connectivity index (χ3v) is 3.15. The van der Waals surface area contributed by atoms with Crippen LogP contribution in [0.4, 0.5) is 10.2 Å². The average Bonchev–Trinajstić information content (AvgIpc) is 2.39. The maximum Gasteiger partial charge on any atom is 0.142 e. The summed E-state index contributed by atoms with van der Waals surface area (Å²) >= 11 is 0. The number of ether oxygens (including phenoxy) is 1. The van der Waals surface area contributed by atoms with Gasteiger partial charge in [-0.25, -0.2) is 9.37 Å². The van der Waals surface area contributed by atoms with Crippen LogP contribution in [0.5, 0.6) is 0 Å². The fourth-order valence-corrected chi connectivity index (χ4v) is 2.18. The van der Waals surface area contributed by atoms with Crippen LogP contribution in [0.2, 0.25) is 0 Å². The summed E-state index contributed by atoms with van der Waals surface area (Å²) in [5.74, 6) is 0.271. The number of rotatable bonds is 3. The molecule has 1 fully saturated rings. The van der Waals surface area contributed by atoms with Gasteiger partial charge in [0, 0.05) is 25.8 Å². The van der Waals surface area contributed by atoms with E-state index in [1.165, 1.54) is 12.3 Å². The van der Waals surface area contributed by atoms with Gasteiger partial charge < -0.3 is 14.7 Å². The maximum atomic E-state index is 13.0. The largest absolute Gasteiger partial charge is 0.392 e. The van der Waals surface area contributed by atoms with Crippen LogP contribution in [0.3, 0.4) is 0 Å². The summed E-state index contributed by atoms with van der Waals surface area (Å²) in [6, 6.07) is 1.34. The Morgan fingerprint density at radius 3 is 2.82 bits per heavy atom. The van der Waals surface area contributed by atoms with E-state index in [4.69, 9.17) is 4.74 Å². The van der Waals surface area contributed by atoms with E-state index >= 15 is 0 Å². The third-order valence-electron chi connectivity index (χ3n) is 3.15. The van der Waals surface area contributed by atoms with E-state index in [1.54, 1.807) is 7.11 Å². The number of nitrogens with zero attached hydrogens (tertiary/aromatic N) is 2. The van der Waals surface area contributed by atoms with Crippen molar-refractivity contribution in [3.8, 4) is 0 Å². The molecule has 1 saturated heterocycles. The quantitative estimate of drug-likeness (QED) is 0.865. The van der Waals surface area contributed by atoms with Crippen molar-refractivity contribution < 1.29 is 14.2 Å². The molecule has 0 spiro atoms. The minimum absolute atomic E-state index is 0.190. The summed E-state index contributed by atoms with van der Waals surface area (Å²) in [7, 11) is 1.72. The third kappa shape index (κ3) is 2.73. The molecule has 0 unspecified atom stereocenters. The summed E-state index contributed by atoms with van der Waals surface area (Å²) < 4.78 is 18.3. The zero-order chi connectivity index (χ0) is 12.3. The fraction of sp³-hybridized carbons (Fsp3) is 0.583. The second kappa shape index (κ2) is 5.42. The van der Waals surface area contributed by atoms with Crippen molar-refractivity contribution >= 4 is 5.82 Å². The van der Waals surface area contributed by atoms with Crippen LogP contribution >= 0.6 is 0 Å². The van der Waals surface area contributed by atoms with Crippen LogP contribution in [0.15, 0.2) is 12.3 Å². The molecule has 2 rings (SSSR count). The number of aromatic nitrogens is 1. The Hall–Kier alpha value is -1.20. The van der Waals surface area contributed by atoms with Gasteiger partial charge in [-0.2, -0.15) is 0 Å². The molecule has 1 aromatic heterocycles. The predicted molar refractivity (Wildman–Crippen MR) is 62.4 cm³/mol. The smallest absolute Gasteiger partial charge is 0.142 e. The minimum atomic E-state index is -0.412. The highest BCUT2D eigenvalue weighted by Crippen LogP contribution is 2.23. The van der Waals surface area contributed by atoms with Gasteiger partial charge in [0.15, 0.2) is 0 Å². The van der Waals surface area contributed by atoms with E-state index in [2.05, 4.69) is 9.88 Å². The fourth-order valence-electron chi connectivity index (χ4n) is 2.18. The summed E-state index contributed by atoms with van der Waals surface area (Å²) in [4.78, 5) is 6.14. The number of hydrogen-bond acceptors (Lipinski definition) is 4. The van der Waals surface area contributed by atoms with E-state index in [0.29, 0.717) is 17.5 Å². The van der Waals surface area contributed by atoms with Gasteiger partial charge in [-0.05, 0) is 18.9 Å². The van der Waals surface area contributed by atoms with Crippen LogP contribution in [-0.4, -0.2) is 36.4 Å². The van der Waals surface area contributed by atoms with Gasteiger partial charge in [0.25, 0.3) is 0 Å².